The molecule has 0 saturated carbocycles. The van der Waals surface area contributed by atoms with Crippen molar-refractivity contribution < 1.29 is 4.74 Å². The number of allylic oxidation sites excluding steroid dienone is 1. The van der Waals surface area contributed by atoms with Gasteiger partial charge in [-0.1, -0.05) is 37.6 Å². The number of aryl methyl sites for hydroxylation is 1. The second-order valence-electron chi connectivity index (χ2n) is 2.94. The first kappa shape index (κ1) is 9.85. The van der Waals surface area contributed by atoms with Crippen molar-refractivity contribution in [2.45, 2.75) is 26.7 Å². The maximum Gasteiger partial charge on any atom is 0.129 e. The first-order valence-corrected chi connectivity index (χ1v) is 4.74. The van der Waals surface area contributed by atoms with Gasteiger partial charge in [-0.3, -0.25) is 0 Å². The van der Waals surface area contributed by atoms with E-state index in [1.165, 1.54) is 5.56 Å². The Morgan fingerprint density at radius 3 is 2.77 bits per heavy atom. The lowest BCUT2D eigenvalue weighted by molar-refractivity contribution is 0.473. The van der Waals surface area contributed by atoms with E-state index in [9.17, 15) is 0 Å². The molecule has 1 heteroatoms. The molecule has 0 aliphatic rings. The molecule has 0 bridgehead atoms. The third kappa shape index (κ3) is 2.94. The minimum absolute atomic E-state index is 0.974. The molecule has 0 unspecified atom stereocenters. The molecule has 0 amide bonds. The molecule has 1 rings (SSSR count). The zero-order valence-corrected chi connectivity index (χ0v) is 8.29. The number of hydrogen-bond acceptors (Lipinski definition) is 1. The summed E-state index contributed by atoms with van der Waals surface area (Å²) in [7, 11) is 0. The highest BCUT2D eigenvalue weighted by atomic mass is 16.5. The van der Waals surface area contributed by atoms with Crippen LogP contribution < -0.4 is 4.74 Å². The van der Waals surface area contributed by atoms with Crippen LogP contribution in [0.2, 0.25) is 0 Å². The Morgan fingerprint density at radius 1 is 1.31 bits per heavy atom. The van der Waals surface area contributed by atoms with Crippen molar-refractivity contribution in [2.75, 3.05) is 0 Å². The summed E-state index contributed by atoms with van der Waals surface area (Å²) in [6.45, 7) is 4.12. The van der Waals surface area contributed by atoms with Crippen LogP contribution in [-0.4, -0.2) is 0 Å². The van der Waals surface area contributed by atoms with Gasteiger partial charge in [-0.15, -0.1) is 0 Å². The van der Waals surface area contributed by atoms with Crippen LogP contribution >= 0.6 is 0 Å². The Morgan fingerprint density at radius 2 is 2.08 bits per heavy atom. The highest BCUT2D eigenvalue weighted by Gasteiger charge is 1.99. The van der Waals surface area contributed by atoms with Gasteiger partial charge in [0.05, 0.1) is 6.26 Å². The Hall–Kier alpha value is -1.24. The Kier molecular flexibility index (Phi) is 4.10. The molecule has 0 heterocycles. The lowest BCUT2D eigenvalue weighted by atomic mass is 10.1. The summed E-state index contributed by atoms with van der Waals surface area (Å²) in [6, 6.07) is 8.17. The molecule has 0 aliphatic heterocycles. The van der Waals surface area contributed by atoms with Crippen LogP contribution in [0.4, 0.5) is 0 Å². The minimum atomic E-state index is 0.974. The average molecular weight is 176 g/mol. The summed E-state index contributed by atoms with van der Waals surface area (Å²) >= 11 is 0. The average Bonchev–Trinajstić information content (AvgIpc) is 2.17. The fraction of sp³-hybridized carbons (Fsp3) is 0.333. The Balaban J connectivity index is 2.77. The summed E-state index contributed by atoms with van der Waals surface area (Å²) in [6.07, 6.45) is 5.83. The van der Waals surface area contributed by atoms with Gasteiger partial charge in [0.1, 0.15) is 5.75 Å². The van der Waals surface area contributed by atoms with Gasteiger partial charge < -0.3 is 4.74 Å². The molecule has 1 aromatic carbocycles. The van der Waals surface area contributed by atoms with E-state index in [-0.39, 0.29) is 0 Å². The van der Waals surface area contributed by atoms with Gasteiger partial charge in [0.25, 0.3) is 0 Å². The second kappa shape index (κ2) is 5.41. The van der Waals surface area contributed by atoms with Crippen molar-refractivity contribution in [3.63, 3.8) is 0 Å². The number of ether oxygens (including phenoxy) is 1. The smallest absolute Gasteiger partial charge is 0.129 e. The van der Waals surface area contributed by atoms with E-state index in [2.05, 4.69) is 13.0 Å². The number of benzene rings is 1. The predicted octanol–water partition coefficient (Wildman–Crippen LogP) is 3.55. The first-order chi connectivity index (χ1) is 6.38. The predicted molar refractivity (Wildman–Crippen MR) is 55.9 cm³/mol. The zero-order valence-electron chi connectivity index (χ0n) is 8.29. The maximum absolute atomic E-state index is 5.46. The quantitative estimate of drug-likeness (QED) is 0.637. The molecule has 0 radical (unpaired) electrons. The molecule has 0 saturated heterocycles. The maximum atomic E-state index is 5.46. The standard InChI is InChI=1S/C12H16O/c1-3-7-11-8-5-6-9-12(11)13-10-4-2/h4-6,8-10H,3,7H2,1-2H3. The number of rotatable bonds is 4. The SMILES string of the molecule is CC=COc1ccccc1CCC. The summed E-state index contributed by atoms with van der Waals surface area (Å²) in [4.78, 5) is 0. The fourth-order valence-electron chi connectivity index (χ4n) is 1.24. The van der Waals surface area contributed by atoms with E-state index in [1.54, 1.807) is 6.26 Å². The summed E-state index contributed by atoms with van der Waals surface area (Å²) in [5.41, 5.74) is 1.28. The normalized spacial score (nSPS) is 10.6. The molecule has 1 aromatic rings. The highest BCUT2D eigenvalue weighted by molar-refractivity contribution is 5.33. The summed E-state index contributed by atoms with van der Waals surface area (Å²) in [5, 5.41) is 0. The van der Waals surface area contributed by atoms with Crippen LogP contribution in [0.1, 0.15) is 25.8 Å². The van der Waals surface area contributed by atoms with Crippen LogP contribution in [0.5, 0.6) is 5.75 Å². The molecular weight excluding hydrogens is 160 g/mol. The van der Waals surface area contributed by atoms with Crippen LogP contribution in [0.15, 0.2) is 36.6 Å². The third-order valence-electron chi connectivity index (χ3n) is 1.82. The van der Waals surface area contributed by atoms with Crippen molar-refractivity contribution in [1.29, 1.82) is 0 Å². The zero-order chi connectivity index (χ0) is 9.52. The molecular formula is C12H16O. The molecule has 1 nitrogen and oxygen atoms in total. The lowest BCUT2D eigenvalue weighted by Crippen LogP contribution is -1.89. The van der Waals surface area contributed by atoms with E-state index in [4.69, 9.17) is 4.74 Å². The van der Waals surface area contributed by atoms with Crippen LogP contribution in [-0.2, 0) is 6.42 Å². The van der Waals surface area contributed by atoms with E-state index < -0.39 is 0 Å². The summed E-state index contributed by atoms with van der Waals surface area (Å²) in [5.74, 6) is 0.974. The van der Waals surface area contributed by atoms with Crippen molar-refractivity contribution in [1.82, 2.24) is 0 Å². The molecule has 0 aromatic heterocycles. The lowest BCUT2D eigenvalue weighted by Gasteiger charge is -2.06. The highest BCUT2D eigenvalue weighted by Crippen LogP contribution is 2.19. The summed E-state index contributed by atoms with van der Waals surface area (Å²) < 4.78 is 5.46. The van der Waals surface area contributed by atoms with Gasteiger partial charge in [-0.05, 0) is 25.0 Å². The van der Waals surface area contributed by atoms with Gasteiger partial charge in [0.15, 0.2) is 0 Å². The van der Waals surface area contributed by atoms with Crippen LogP contribution in [0, 0.1) is 0 Å². The van der Waals surface area contributed by atoms with E-state index in [0.717, 1.165) is 18.6 Å². The largest absolute Gasteiger partial charge is 0.465 e. The topological polar surface area (TPSA) is 9.23 Å². The third-order valence-corrected chi connectivity index (χ3v) is 1.82. The monoisotopic (exact) mass is 176 g/mol. The van der Waals surface area contributed by atoms with Gasteiger partial charge in [0, 0.05) is 0 Å². The van der Waals surface area contributed by atoms with Crippen molar-refractivity contribution in [3.8, 4) is 5.75 Å². The molecule has 0 atom stereocenters. The Bertz CT molecular complexity index is 276. The molecule has 13 heavy (non-hydrogen) atoms. The van der Waals surface area contributed by atoms with E-state index in [0.29, 0.717) is 0 Å². The van der Waals surface area contributed by atoms with Crippen molar-refractivity contribution in [3.05, 3.63) is 42.2 Å². The molecule has 0 N–H and O–H groups in total. The van der Waals surface area contributed by atoms with Crippen LogP contribution in [0.25, 0.3) is 0 Å². The molecule has 70 valence electrons. The number of hydrogen-bond donors (Lipinski definition) is 0. The van der Waals surface area contributed by atoms with Gasteiger partial charge in [-0.25, -0.2) is 0 Å². The fourth-order valence-corrected chi connectivity index (χ4v) is 1.24. The van der Waals surface area contributed by atoms with E-state index >= 15 is 0 Å². The van der Waals surface area contributed by atoms with Gasteiger partial charge in [-0.2, -0.15) is 0 Å². The molecule has 0 spiro atoms. The molecule has 0 fully saturated rings. The minimum Gasteiger partial charge on any atom is -0.465 e. The van der Waals surface area contributed by atoms with Crippen LogP contribution in [0.3, 0.4) is 0 Å². The second-order valence-corrected chi connectivity index (χ2v) is 2.94. The molecule has 0 aliphatic carbocycles. The van der Waals surface area contributed by atoms with Crippen molar-refractivity contribution in [2.24, 2.45) is 0 Å². The number of para-hydroxylation sites is 1. The van der Waals surface area contributed by atoms with Crippen molar-refractivity contribution >= 4 is 0 Å². The van der Waals surface area contributed by atoms with Gasteiger partial charge >= 0.3 is 0 Å². The van der Waals surface area contributed by atoms with Gasteiger partial charge in [0.2, 0.25) is 0 Å². The Labute approximate surface area is 80.0 Å². The van der Waals surface area contributed by atoms with E-state index in [1.807, 2.05) is 31.2 Å². The first-order valence-electron chi connectivity index (χ1n) is 4.74.